The number of ether oxygens (including phenoxy) is 1. The smallest absolute Gasteiger partial charge is 0.251 e. The first-order chi connectivity index (χ1) is 9.67. The van der Waals surface area contributed by atoms with E-state index in [2.05, 4.69) is 15.6 Å². The van der Waals surface area contributed by atoms with Crippen LogP contribution < -0.4 is 15.4 Å². The van der Waals surface area contributed by atoms with Crippen LogP contribution in [0.1, 0.15) is 11.6 Å². The molecule has 1 atom stereocenters. The molecular weight excluding hydrogens is 261 g/mol. The predicted molar refractivity (Wildman–Crippen MR) is 72.2 cm³/mol. The zero-order chi connectivity index (χ0) is 14.1. The Morgan fingerprint density at radius 2 is 2.20 bits per heavy atom. The number of methoxy groups -OCH3 is 1. The molecule has 1 aliphatic heterocycles. The summed E-state index contributed by atoms with van der Waals surface area (Å²) in [5.74, 6) is -0.105. The lowest BCUT2D eigenvalue weighted by Crippen LogP contribution is -2.19. The van der Waals surface area contributed by atoms with E-state index in [9.17, 15) is 9.18 Å². The number of fused-ring (bicyclic) bond motifs is 1. The summed E-state index contributed by atoms with van der Waals surface area (Å²) < 4.78 is 18.1. The summed E-state index contributed by atoms with van der Waals surface area (Å²) in [5.41, 5.74) is 1.89. The van der Waals surface area contributed by atoms with Crippen LogP contribution in [0.5, 0.6) is 5.88 Å². The maximum Gasteiger partial charge on any atom is 0.251 e. The number of hydrogen-bond donors (Lipinski definition) is 2. The molecule has 3 rings (SSSR count). The van der Waals surface area contributed by atoms with Crippen LogP contribution >= 0.6 is 0 Å². The number of carbonyl (C=O) groups is 1. The lowest BCUT2D eigenvalue weighted by Gasteiger charge is -2.12. The molecule has 1 aromatic carbocycles. The monoisotopic (exact) mass is 273 g/mol. The minimum atomic E-state index is -0.555. The first-order valence-corrected chi connectivity index (χ1v) is 6.04. The van der Waals surface area contributed by atoms with E-state index in [0.29, 0.717) is 22.8 Å². The van der Waals surface area contributed by atoms with Crippen molar-refractivity contribution in [3.05, 3.63) is 47.9 Å². The summed E-state index contributed by atoms with van der Waals surface area (Å²) in [6.07, 6.45) is 1.58. The minimum Gasteiger partial charge on any atom is -0.481 e. The third kappa shape index (κ3) is 2.16. The predicted octanol–water partition coefficient (Wildman–Crippen LogP) is 2.33. The van der Waals surface area contributed by atoms with E-state index in [1.807, 2.05) is 0 Å². The number of anilines is 2. The van der Waals surface area contributed by atoms with E-state index in [1.54, 1.807) is 24.4 Å². The zero-order valence-electron chi connectivity index (χ0n) is 10.7. The molecule has 102 valence electrons. The summed E-state index contributed by atoms with van der Waals surface area (Å²) in [7, 11) is 1.53. The summed E-state index contributed by atoms with van der Waals surface area (Å²) in [4.78, 5) is 16.0. The van der Waals surface area contributed by atoms with Crippen LogP contribution in [0, 0.1) is 5.82 Å². The van der Waals surface area contributed by atoms with Gasteiger partial charge >= 0.3 is 0 Å². The van der Waals surface area contributed by atoms with Crippen molar-refractivity contribution >= 4 is 17.3 Å². The van der Waals surface area contributed by atoms with Crippen LogP contribution in [-0.2, 0) is 4.79 Å². The second-order valence-electron chi connectivity index (χ2n) is 4.39. The average molecular weight is 273 g/mol. The van der Waals surface area contributed by atoms with Gasteiger partial charge < -0.3 is 15.4 Å². The Labute approximate surface area is 114 Å². The van der Waals surface area contributed by atoms with Gasteiger partial charge in [-0.1, -0.05) is 6.07 Å². The molecule has 0 fully saturated rings. The van der Waals surface area contributed by atoms with Crippen LogP contribution in [0.2, 0.25) is 0 Å². The highest BCUT2D eigenvalue weighted by atomic mass is 19.1. The Bertz CT molecular complexity index is 658. The van der Waals surface area contributed by atoms with Gasteiger partial charge in [-0.2, -0.15) is 0 Å². The number of amides is 1. The van der Waals surface area contributed by atoms with Gasteiger partial charge in [0.15, 0.2) is 0 Å². The van der Waals surface area contributed by atoms with E-state index >= 15 is 0 Å². The van der Waals surface area contributed by atoms with E-state index in [1.165, 1.54) is 19.2 Å². The molecule has 0 spiro atoms. The molecule has 0 aliphatic carbocycles. The largest absolute Gasteiger partial charge is 0.481 e. The molecule has 20 heavy (non-hydrogen) atoms. The number of halogens is 1. The fourth-order valence-electron chi connectivity index (χ4n) is 2.13. The van der Waals surface area contributed by atoms with Gasteiger partial charge in [-0.25, -0.2) is 9.37 Å². The molecular formula is C14H12FN3O2. The Balaban J connectivity index is 1.86. The van der Waals surface area contributed by atoms with Crippen molar-refractivity contribution in [2.75, 3.05) is 17.7 Å². The van der Waals surface area contributed by atoms with Gasteiger partial charge in [0, 0.05) is 17.3 Å². The van der Waals surface area contributed by atoms with Crippen molar-refractivity contribution in [2.45, 2.75) is 6.04 Å². The van der Waals surface area contributed by atoms with Gasteiger partial charge in [0.05, 0.1) is 19.0 Å². The first kappa shape index (κ1) is 12.4. The Morgan fingerprint density at radius 3 is 2.90 bits per heavy atom. The van der Waals surface area contributed by atoms with E-state index in [-0.39, 0.29) is 11.7 Å². The normalized spacial score (nSPS) is 16.5. The quantitative estimate of drug-likeness (QED) is 0.901. The van der Waals surface area contributed by atoms with Crippen molar-refractivity contribution in [1.29, 1.82) is 0 Å². The molecule has 6 heteroatoms. The second-order valence-corrected chi connectivity index (χ2v) is 4.39. The summed E-state index contributed by atoms with van der Waals surface area (Å²) >= 11 is 0. The first-order valence-electron chi connectivity index (χ1n) is 6.04. The molecule has 0 radical (unpaired) electrons. The van der Waals surface area contributed by atoms with Crippen molar-refractivity contribution in [3.63, 3.8) is 0 Å². The number of carbonyl (C=O) groups excluding carboxylic acids is 1. The summed E-state index contributed by atoms with van der Waals surface area (Å²) in [6.45, 7) is 0. The number of nitrogens with one attached hydrogen (secondary N) is 2. The molecule has 0 saturated carbocycles. The molecule has 2 N–H and O–H groups in total. The molecule has 0 bridgehead atoms. The minimum absolute atomic E-state index is 0.221. The molecule has 1 unspecified atom stereocenters. The number of rotatable bonds is 3. The van der Waals surface area contributed by atoms with Gasteiger partial charge in [0.1, 0.15) is 11.9 Å². The van der Waals surface area contributed by atoms with Gasteiger partial charge in [-0.15, -0.1) is 0 Å². The van der Waals surface area contributed by atoms with Gasteiger partial charge in [0.2, 0.25) is 5.88 Å². The van der Waals surface area contributed by atoms with E-state index < -0.39 is 6.04 Å². The second kappa shape index (κ2) is 4.80. The Hall–Kier alpha value is -2.63. The van der Waals surface area contributed by atoms with Crippen molar-refractivity contribution in [3.8, 4) is 5.88 Å². The standard InChI is InChI=1S/C14H12FN3O2/c1-20-12-5-3-9(7-16-12)17-13-10-4-2-8(15)6-11(10)18-14(13)19/h2-7,13,17H,1H3,(H,18,19). The van der Waals surface area contributed by atoms with Crippen molar-refractivity contribution in [1.82, 2.24) is 4.98 Å². The molecule has 1 aliphatic rings. The van der Waals surface area contributed by atoms with E-state index in [0.717, 1.165) is 0 Å². The zero-order valence-corrected chi connectivity index (χ0v) is 10.7. The highest BCUT2D eigenvalue weighted by molar-refractivity contribution is 6.04. The lowest BCUT2D eigenvalue weighted by atomic mass is 10.1. The topological polar surface area (TPSA) is 63.2 Å². The number of nitrogens with zero attached hydrogens (tertiary/aromatic N) is 1. The van der Waals surface area contributed by atoms with Gasteiger partial charge in [0.25, 0.3) is 5.91 Å². The van der Waals surface area contributed by atoms with Crippen molar-refractivity contribution < 1.29 is 13.9 Å². The molecule has 5 nitrogen and oxygen atoms in total. The third-order valence-corrected chi connectivity index (χ3v) is 3.10. The highest BCUT2D eigenvalue weighted by Crippen LogP contribution is 2.33. The molecule has 1 amide bonds. The van der Waals surface area contributed by atoms with Crippen LogP contribution in [0.4, 0.5) is 15.8 Å². The maximum absolute atomic E-state index is 13.1. The fourth-order valence-corrected chi connectivity index (χ4v) is 2.13. The number of aromatic nitrogens is 1. The summed E-state index contributed by atoms with van der Waals surface area (Å²) in [6, 6.07) is 7.14. The van der Waals surface area contributed by atoms with Gasteiger partial charge in [-0.05, 0) is 18.2 Å². The number of pyridine rings is 1. The lowest BCUT2D eigenvalue weighted by molar-refractivity contribution is -0.116. The van der Waals surface area contributed by atoms with Crippen LogP contribution in [-0.4, -0.2) is 18.0 Å². The molecule has 0 saturated heterocycles. The number of hydrogen-bond acceptors (Lipinski definition) is 4. The maximum atomic E-state index is 13.1. The Morgan fingerprint density at radius 1 is 1.35 bits per heavy atom. The summed E-state index contributed by atoms with van der Waals surface area (Å²) in [5, 5.41) is 5.71. The third-order valence-electron chi connectivity index (χ3n) is 3.10. The fraction of sp³-hybridized carbons (Fsp3) is 0.143. The van der Waals surface area contributed by atoms with Gasteiger partial charge in [-0.3, -0.25) is 4.79 Å². The highest BCUT2D eigenvalue weighted by Gasteiger charge is 2.30. The van der Waals surface area contributed by atoms with Crippen molar-refractivity contribution in [2.24, 2.45) is 0 Å². The SMILES string of the molecule is COc1ccc(NC2C(=O)Nc3cc(F)ccc32)cn1. The van der Waals surface area contributed by atoms with Crippen LogP contribution in [0.15, 0.2) is 36.5 Å². The van der Waals surface area contributed by atoms with Crippen LogP contribution in [0.3, 0.4) is 0 Å². The average Bonchev–Trinajstić information content (AvgIpc) is 2.75. The molecule has 1 aromatic heterocycles. The van der Waals surface area contributed by atoms with Crippen LogP contribution in [0.25, 0.3) is 0 Å². The Kier molecular flexibility index (Phi) is 2.98. The van der Waals surface area contributed by atoms with E-state index in [4.69, 9.17) is 4.74 Å². The molecule has 2 heterocycles. The number of benzene rings is 1. The molecule has 2 aromatic rings.